The van der Waals surface area contributed by atoms with E-state index in [2.05, 4.69) is 15.9 Å². The van der Waals surface area contributed by atoms with E-state index in [-0.39, 0.29) is 23.4 Å². The summed E-state index contributed by atoms with van der Waals surface area (Å²) < 4.78 is 30.3. The Morgan fingerprint density at radius 1 is 1.21 bits per heavy atom. The number of sulfonamides is 1. The number of carbonyl (C=O) groups excluding carboxylic acids is 1. The van der Waals surface area contributed by atoms with Crippen LogP contribution in [-0.4, -0.2) is 47.2 Å². The van der Waals surface area contributed by atoms with E-state index in [0.717, 1.165) is 23.0 Å². The van der Waals surface area contributed by atoms with Crippen LogP contribution < -0.4 is 0 Å². The molecule has 152 valence electrons. The van der Waals surface area contributed by atoms with E-state index in [0.29, 0.717) is 19.5 Å². The molecule has 1 amide bonds. The summed E-state index contributed by atoms with van der Waals surface area (Å²) in [7, 11) is -1.77. The smallest absolute Gasteiger partial charge is 0.243 e. The van der Waals surface area contributed by atoms with Gasteiger partial charge in [0.2, 0.25) is 15.9 Å². The van der Waals surface area contributed by atoms with Crippen LogP contribution in [0.3, 0.4) is 0 Å². The fraction of sp³-hybridized carbons (Fsp3) is 0.450. The molecule has 6 nitrogen and oxygen atoms in total. The molecule has 2 aromatic rings. The summed E-state index contributed by atoms with van der Waals surface area (Å²) in [6.07, 6.45) is 4.54. The molecule has 0 atom stereocenters. The maximum atomic E-state index is 13.1. The zero-order valence-electron chi connectivity index (χ0n) is 16.2. The van der Waals surface area contributed by atoms with Crippen molar-refractivity contribution < 1.29 is 13.2 Å². The summed E-state index contributed by atoms with van der Waals surface area (Å²) in [6, 6.07) is 10.7. The van der Waals surface area contributed by atoms with Crippen LogP contribution in [0.5, 0.6) is 0 Å². The Bertz CT molecular complexity index is 920. The highest BCUT2D eigenvalue weighted by molar-refractivity contribution is 9.10. The van der Waals surface area contributed by atoms with Crippen LogP contribution in [0.25, 0.3) is 0 Å². The number of amides is 1. The summed E-state index contributed by atoms with van der Waals surface area (Å²) >= 11 is 3.32. The molecule has 1 aliphatic rings. The number of aromatic nitrogens is 1. The lowest BCUT2D eigenvalue weighted by atomic mass is 10.3. The molecule has 0 radical (unpaired) electrons. The second kappa shape index (κ2) is 8.80. The highest BCUT2D eigenvalue weighted by atomic mass is 79.9. The molecule has 0 N–H and O–H groups in total. The molecule has 0 saturated heterocycles. The number of nitrogens with zero attached hydrogens (tertiary/aromatic N) is 3. The van der Waals surface area contributed by atoms with Gasteiger partial charge in [-0.15, -0.1) is 0 Å². The van der Waals surface area contributed by atoms with Gasteiger partial charge in [0.15, 0.2) is 0 Å². The third-order valence-electron chi connectivity index (χ3n) is 4.93. The Kier molecular flexibility index (Phi) is 6.62. The number of benzene rings is 1. The van der Waals surface area contributed by atoms with Crippen LogP contribution in [0.4, 0.5) is 0 Å². The van der Waals surface area contributed by atoms with Crippen LogP contribution >= 0.6 is 15.9 Å². The highest BCUT2D eigenvalue weighted by Gasteiger charge is 2.35. The molecular weight excluding hydrogens is 442 g/mol. The van der Waals surface area contributed by atoms with E-state index in [4.69, 9.17) is 0 Å². The molecule has 0 aliphatic heterocycles. The molecule has 1 aromatic carbocycles. The van der Waals surface area contributed by atoms with E-state index in [1.807, 2.05) is 41.8 Å². The Hall–Kier alpha value is -1.64. The fourth-order valence-electron chi connectivity index (χ4n) is 3.17. The van der Waals surface area contributed by atoms with Gasteiger partial charge in [-0.3, -0.25) is 4.79 Å². The largest absolute Gasteiger partial charge is 0.353 e. The first-order valence-corrected chi connectivity index (χ1v) is 11.7. The molecule has 0 bridgehead atoms. The van der Waals surface area contributed by atoms with E-state index < -0.39 is 10.0 Å². The average molecular weight is 468 g/mol. The van der Waals surface area contributed by atoms with Crippen LogP contribution in [-0.2, 0) is 28.4 Å². The number of hydrogen-bond acceptors (Lipinski definition) is 3. The maximum Gasteiger partial charge on any atom is 0.243 e. The second-order valence-electron chi connectivity index (χ2n) is 7.16. The predicted octanol–water partition coefficient (Wildman–Crippen LogP) is 3.38. The van der Waals surface area contributed by atoms with Gasteiger partial charge in [-0.2, -0.15) is 4.31 Å². The minimum Gasteiger partial charge on any atom is -0.353 e. The van der Waals surface area contributed by atoms with Gasteiger partial charge < -0.3 is 9.47 Å². The van der Waals surface area contributed by atoms with Crippen molar-refractivity contribution in [3.05, 3.63) is 52.8 Å². The normalized spacial score (nSPS) is 14.4. The zero-order valence-corrected chi connectivity index (χ0v) is 18.6. The monoisotopic (exact) mass is 467 g/mol. The van der Waals surface area contributed by atoms with Crippen molar-refractivity contribution in [1.29, 1.82) is 0 Å². The first-order chi connectivity index (χ1) is 13.3. The van der Waals surface area contributed by atoms with Crippen molar-refractivity contribution in [2.75, 3.05) is 13.1 Å². The predicted molar refractivity (Wildman–Crippen MR) is 112 cm³/mol. The van der Waals surface area contributed by atoms with Crippen LogP contribution in [0.2, 0.25) is 0 Å². The third kappa shape index (κ3) is 4.85. The van der Waals surface area contributed by atoms with Gasteiger partial charge in [-0.25, -0.2) is 8.42 Å². The highest BCUT2D eigenvalue weighted by Crippen LogP contribution is 2.29. The van der Waals surface area contributed by atoms with E-state index in [9.17, 15) is 13.2 Å². The summed E-state index contributed by atoms with van der Waals surface area (Å²) in [5, 5.41) is 0. The number of rotatable bonds is 9. The van der Waals surface area contributed by atoms with Crippen molar-refractivity contribution in [2.45, 2.75) is 43.7 Å². The summed E-state index contributed by atoms with van der Waals surface area (Å²) in [6.45, 7) is 2.60. The Labute approximate surface area is 175 Å². The van der Waals surface area contributed by atoms with Crippen LogP contribution in [0.1, 0.15) is 31.9 Å². The second-order valence-corrected chi connectivity index (χ2v) is 10.0. The first kappa shape index (κ1) is 21.1. The number of hydrogen-bond donors (Lipinski definition) is 0. The van der Waals surface area contributed by atoms with Gasteiger partial charge in [0, 0.05) is 36.0 Å². The molecule has 0 unspecified atom stereocenters. The molecule has 3 rings (SSSR count). The molecule has 1 aliphatic carbocycles. The molecule has 1 aromatic heterocycles. The zero-order chi connectivity index (χ0) is 20.3. The van der Waals surface area contributed by atoms with E-state index in [1.165, 1.54) is 4.31 Å². The minimum absolute atomic E-state index is 0.132. The average Bonchev–Trinajstić information content (AvgIpc) is 3.42. The SMILES string of the molecule is CCCN(CC(=O)N(Cc1cccn1C)C1CC1)S(=O)(=O)c1ccc(Br)cc1. The van der Waals surface area contributed by atoms with Gasteiger partial charge in [0.1, 0.15) is 0 Å². The fourth-order valence-corrected chi connectivity index (χ4v) is 4.92. The van der Waals surface area contributed by atoms with Gasteiger partial charge in [-0.1, -0.05) is 22.9 Å². The Balaban J connectivity index is 1.79. The van der Waals surface area contributed by atoms with Crippen molar-refractivity contribution >= 4 is 31.9 Å². The molecule has 1 saturated carbocycles. The summed E-state index contributed by atoms with van der Waals surface area (Å²) in [5.74, 6) is -0.141. The molecule has 1 fully saturated rings. The van der Waals surface area contributed by atoms with Crippen LogP contribution in [0, 0.1) is 0 Å². The van der Waals surface area contributed by atoms with Crippen molar-refractivity contribution in [3.8, 4) is 0 Å². The molecule has 0 spiro atoms. The van der Waals surface area contributed by atoms with E-state index in [1.54, 1.807) is 24.3 Å². The quantitative estimate of drug-likeness (QED) is 0.567. The van der Waals surface area contributed by atoms with Gasteiger partial charge >= 0.3 is 0 Å². The lowest BCUT2D eigenvalue weighted by molar-refractivity contribution is -0.132. The standard InChI is InChI=1S/C20H26BrN3O3S/c1-3-12-23(28(26,27)19-10-6-16(21)7-11-19)15-20(25)24(17-8-9-17)14-18-5-4-13-22(18)2/h4-7,10-11,13,17H,3,8-9,12,14-15H2,1-2H3. The van der Waals surface area contributed by atoms with E-state index >= 15 is 0 Å². The van der Waals surface area contributed by atoms with Gasteiger partial charge in [0.25, 0.3) is 0 Å². The molecule has 8 heteroatoms. The Morgan fingerprint density at radius 2 is 1.89 bits per heavy atom. The van der Waals surface area contributed by atoms with Crippen molar-refractivity contribution in [1.82, 2.24) is 13.8 Å². The number of carbonyl (C=O) groups is 1. The third-order valence-corrected chi connectivity index (χ3v) is 7.32. The summed E-state index contributed by atoms with van der Waals surface area (Å²) in [4.78, 5) is 15.1. The maximum absolute atomic E-state index is 13.1. The topological polar surface area (TPSA) is 62.6 Å². The number of halogens is 1. The van der Waals surface area contributed by atoms with Gasteiger partial charge in [-0.05, 0) is 55.7 Å². The minimum atomic E-state index is -3.72. The molecule has 28 heavy (non-hydrogen) atoms. The van der Waals surface area contributed by atoms with Crippen molar-refractivity contribution in [3.63, 3.8) is 0 Å². The van der Waals surface area contributed by atoms with Crippen molar-refractivity contribution in [2.24, 2.45) is 7.05 Å². The van der Waals surface area contributed by atoms with Gasteiger partial charge in [0.05, 0.1) is 18.0 Å². The summed E-state index contributed by atoms with van der Waals surface area (Å²) in [5.41, 5.74) is 1.04. The Morgan fingerprint density at radius 3 is 2.43 bits per heavy atom. The molecule has 1 heterocycles. The molecular formula is C20H26BrN3O3S. The lowest BCUT2D eigenvalue weighted by Crippen LogP contribution is -2.44. The first-order valence-electron chi connectivity index (χ1n) is 9.48. The van der Waals surface area contributed by atoms with Crippen LogP contribution in [0.15, 0.2) is 52.0 Å². The number of aryl methyl sites for hydroxylation is 1. The lowest BCUT2D eigenvalue weighted by Gasteiger charge is -2.27.